The van der Waals surface area contributed by atoms with Gasteiger partial charge in [-0.2, -0.15) is 0 Å². The topological polar surface area (TPSA) is 21.6 Å². The molecule has 98 valence electrons. The van der Waals surface area contributed by atoms with Crippen molar-refractivity contribution in [1.82, 2.24) is 0 Å². The Morgan fingerprint density at radius 3 is 2.35 bits per heavy atom. The number of hydrogen-bond acceptors (Lipinski definition) is 2. The minimum absolute atomic E-state index is 0.215. The highest BCUT2D eigenvalue weighted by atomic mass is 16.5. The van der Waals surface area contributed by atoms with Crippen LogP contribution in [0.2, 0.25) is 0 Å². The van der Waals surface area contributed by atoms with Crippen molar-refractivity contribution in [2.75, 3.05) is 6.61 Å². The van der Waals surface area contributed by atoms with Crippen molar-refractivity contribution >= 4 is 6.72 Å². The molecule has 2 heteroatoms. The van der Waals surface area contributed by atoms with E-state index in [1.165, 1.54) is 11.1 Å². The summed E-state index contributed by atoms with van der Waals surface area (Å²) >= 11 is 0. The zero-order valence-electron chi connectivity index (χ0n) is 12.4. The molecule has 1 atom stereocenters. The van der Waals surface area contributed by atoms with E-state index < -0.39 is 0 Å². The number of rotatable bonds is 3. The molecule has 0 N–H and O–H groups in total. The van der Waals surface area contributed by atoms with E-state index in [0.717, 1.165) is 5.70 Å². The summed E-state index contributed by atoms with van der Waals surface area (Å²) in [4.78, 5) is 4.08. The molecule has 0 aromatic rings. The fraction of sp³-hybridized carbons (Fsp3) is 0.667. The molecular weight excluding hydrogens is 210 g/mol. The summed E-state index contributed by atoms with van der Waals surface area (Å²) in [6.07, 6.45) is 2.11. The Hall–Kier alpha value is -0.890. The molecule has 0 saturated carbocycles. The van der Waals surface area contributed by atoms with Crippen LogP contribution in [0.5, 0.6) is 0 Å². The number of nitrogens with zero attached hydrogens (tertiary/aromatic N) is 1. The molecule has 0 aliphatic carbocycles. The second kappa shape index (κ2) is 6.75. The van der Waals surface area contributed by atoms with Crippen molar-refractivity contribution in [2.24, 2.45) is 10.9 Å². The molecule has 0 spiro atoms. The fourth-order valence-corrected chi connectivity index (χ4v) is 1.99. The van der Waals surface area contributed by atoms with Crippen LogP contribution in [-0.2, 0) is 4.74 Å². The van der Waals surface area contributed by atoms with Crippen LogP contribution in [0.25, 0.3) is 0 Å². The summed E-state index contributed by atoms with van der Waals surface area (Å²) in [7, 11) is 0. The van der Waals surface area contributed by atoms with E-state index in [-0.39, 0.29) is 5.60 Å². The predicted molar refractivity (Wildman–Crippen MR) is 76.5 cm³/mol. The number of hydrogen-bond donors (Lipinski definition) is 0. The van der Waals surface area contributed by atoms with Gasteiger partial charge in [0.25, 0.3) is 0 Å². The van der Waals surface area contributed by atoms with Gasteiger partial charge in [0.2, 0.25) is 0 Å². The molecule has 0 aromatic heterocycles. The lowest BCUT2D eigenvalue weighted by Gasteiger charge is -2.31. The fourth-order valence-electron chi connectivity index (χ4n) is 1.99. The van der Waals surface area contributed by atoms with E-state index in [1.54, 1.807) is 0 Å². The third-order valence-electron chi connectivity index (χ3n) is 3.41. The monoisotopic (exact) mass is 237 g/mol. The second-order valence-corrected chi connectivity index (χ2v) is 4.50. The van der Waals surface area contributed by atoms with Gasteiger partial charge in [0, 0.05) is 5.57 Å². The second-order valence-electron chi connectivity index (χ2n) is 4.50. The number of aliphatic imine (C=N–C) groups is 1. The van der Waals surface area contributed by atoms with Crippen molar-refractivity contribution < 1.29 is 4.74 Å². The molecule has 1 aliphatic rings. The first-order valence-corrected chi connectivity index (χ1v) is 6.45. The summed E-state index contributed by atoms with van der Waals surface area (Å²) < 4.78 is 5.89. The largest absolute Gasteiger partial charge is 0.364 e. The predicted octanol–water partition coefficient (Wildman–Crippen LogP) is 4.38. The summed E-state index contributed by atoms with van der Waals surface area (Å²) in [5.74, 6) is 0.432. The van der Waals surface area contributed by atoms with Gasteiger partial charge in [0.05, 0.1) is 17.9 Å². The van der Waals surface area contributed by atoms with Gasteiger partial charge in [0.15, 0.2) is 0 Å². The van der Waals surface area contributed by atoms with Crippen LogP contribution >= 0.6 is 0 Å². The molecule has 0 saturated heterocycles. The van der Waals surface area contributed by atoms with Crippen molar-refractivity contribution in [3.8, 4) is 0 Å². The van der Waals surface area contributed by atoms with E-state index in [1.807, 2.05) is 20.8 Å². The molecule has 1 rings (SSSR count). The van der Waals surface area contributed by atoms with Gasteiger partial charge in [-0.15, -0.1) is 0 Å². The van der Waals surface area contributed by atoms with Gasteiger partial charge < -0.3 is 4.74 Å². The van der Waals surface area contributed by atoms with Crippen LogP contribution in [-0.4, -0.2) is 18.9 Å². The third-order valence-corrected chi connectivity index (χ3v) is 3.41. The van der Waals surface area contributed by atoms with Gasteiger partial charge in [-0.3, -0.25) is 4.99 Å². The highest BCUT2D eigenvalue weighted by molar-refractivity contribution is 5.46. The molecule has 17 heavy (non-hydrogen) atoms. The molecule has 1 unspecified atom stereocenters. The maximum Gasteiger partial charge on any atom is 0.0952 e. The molecule has 0 amide bonds. The molecule has 1 aliphatic heterocycles. The minimum atomic E-state index is -0.215. The molecular formula is C15H27NO. The van der Waals surface area contributed by atoms with E-state index in [2.05, 4.69) is 45.5 Å². The average molecular weight is 237 g/mol. The Morgan fingerprint density at radius 2 is 2.00 bits per heavy atom. The molecule has 1 heterocycles. The average Bonchev–Trinajstić information content (AvgIpc) is 2.69. The minimum Gasteiger partial charge on any atom is -0.364 e. The van der Waals surface area contributed by atoms with Gasteiger partial charge in [-0.1, -0.05) is 33.8 Å². The molecule has 0 aromatic carbocycles. The normalized spacial score (nSPS) is 24.8. The van der Waals surface area contributed by atoms with Gasteiger partial charge in [-0.25, -0.2) is 0 Å². The van der Waals surface area contributed by atoms with E-state index >= 15 is 0 Å². The summed E-state index contributed by atoms with van der Waals surface area (Å²) in [5, 5.41) is 0. The lowest BCUT2D eigenvalue weighted by molar-refractivity contribution is -0.00238. The van der Waals surface area contributed by atoms with Gasteiger partial charge in [0.1, 0.15) is 0 Å². The summed E-state index contributed by atoms with van der Waals surface area (Å²) in [6.45, 7) is 18.8. The van der Waals surface area contributed by atoms with Crippen LogP contribution in [0.1, 0.15) is 48.5 Å². The summed E-state index contributed by atoms with van der Waals surface area (Å²) in [6, 6.07) is 0. The van der Waals surface area contributed by atoms with Crippen LogP contribution in [0, 0.1) is 5.92 Å². The first-order valence-electron chi connectivity index (χ1n) is 6.45. The zero-order valence-corrected chi connectivity index (χ0v) is 12.4. The Labute approximate surface area is 106 Å². The van der Waals surface area contributed by atoms with Crippen LogP contribution in [0.3, 0.4) is 0 Å². The smallest absolute Gasteiger partial charge is 0.0952 e. The van der Waals surface area contributed by atoms with E-state index in [0.29, 0.717) is 12.5 Å². The Kier molecular flexibility index (Phi) is 6.40. The van der Waals surface area contributed by atoms with Crippen molar-refractivity contribution in [1.29, 1.82) is 0 Å². The van der Waals surface area contributed by atoms with Crippen LogP contribution < -0.4 is 0 Å². The van der Waals surface area contributed by atoms with Crippen LogP contribution in [0.4, 0.5) is 0 Å². The lowest BCUT2D eigenvalue weighted by Crippen LogP contribution is -2.34. The van der Waals surface area contributed by atoms with Gasteiger partial charge in [-0.05, 0) is 39.0 Å². The van der Waals surface area contributed by atoms with E-state index in [9.17, 15) is 0 Å². The van der Waals surface area contributed by atoms with Crippen molar-refractivity contribution in [3.05, 3.63) is 22.9 Å². The third kappa shape index (κ3) is 3.06. The first-order chi connectivity index (χ1) is 7.97. The maximum absolute atomic E-state index is 5.89. The Morgan fingerprint density at radius 1 is 1.47 bits per heavy atom. The maximum atomic E-state index is 5.89. The molecule has 0 bridgehead atoms. The van der Waals surface area contributed by atoms with Crippen molar-refractivity contribution in [2.45, 2.75) is 54.1 Å². The zero-order chi connectivity index (χ0) is 13.6. The molecule has 0 fully saturated rings. The Bertz CT molecular complexity index is 326. The Balaban J connectivity index is 0.00000121. The van der Waals surface area contributed by atoms with E-state index in [4.69, 9.17) is 4.74 Å². The highest BCUT2D eigenvalue weighted by Gasteiger charge is 2.40. The standard InChI is InChI=1S/C13H21NO.C2H6/c1-7-10(4)12-11(14-6)8-15-13(12,5)9(2)3;1-2/h7,9H,6,8H2,1-5H3;1-2H3/b10-7-;. The number of ether oxygens (including phenoxy) is 1. The lowest BCUT2D eigenvalue weighted by atomic mass is 9.81. The quantitative estimate of drug-likeness (QED) is 0.668. The van der Waals surface area contributed by atoms with Gasteiger partial charge >= 0.3 is 0 Å². The molecule has 2 nitrogen and oxygen atoms in total. The SMILES string of the molecule is C=NC1=C(/C(C)=C\C)C(C)(C(C)C)OC1.CC. The molecule has 0 radical (unpaired) electrons. The first kappa shape index (κ1) is 16.1. The highest BCUT2D eigenvalue weighted by Crippen LogP contribution is 2.41. The number of allylic oxidation sites excluding steroid dienone is 1. The summed E-state index contributed by atoms with van der Waals surface area (Å²) in [5.41, 5.74) is 3.23. The van der Waals surface area contributed by atoms with Crippen molar-refractivity contribution in [3.63, 3.8) is 0 Å². The van der Waals surface area contributed by atoms with Crippen LogP contribution in [0.15, 0.2) is 27.9 Å².